The van der Waals surface area contributed by atoms with Crippen molar-refractivity contribution in [3.63, 3.8) is 0 Å². The van der Waals surface area contributed by atoms with Crippen LogP contribution in [-0.2, 0) is 20.0 Å². The van der Waals surface area contributed by atoms with Gasteiger partial charge in [0.2, 0.25) is 5.95 Å². The van der Waals surface area contributed by atoms with Crippen LogP contribution in [0.15, 0.2) is 30.5 Å². The van der Waals surface area contributed by atoms with Gasteiger partial charge in [-0.2, -0.15) is 5.10 Å². The van der Waals surface area contributed by atoms with Crippen molar-refractivity contribution < 1.29 is 0 Å². The van der Waals surface area contributed by atoms with Gasteiger partial charge in [-0.05, 0) is 24.6 Å². The zero-order valence-electron chi connectivity index (χ0n) is 11.2. The SMILES string of the molecule is Cc1cccc2c1nc(N)n2CCc1ccnn1C. The number of hydrogen-bond acceptors (Lipinski definition) is 3. The van der Waals surface area contributed by atoms with Gasteiger partial charge in [-0.25, -0.2) is 4.98 Å². The van der Waals surface area contributed by atoms with Crippen LogP contribution in [0.4, 0.5) is 5.95 Å². The maximum absolute atomic E-state index is 6.03. The van der Waals surface area contributed by atoms with Crippen molar-refractivity contribution >= 4 is 17.0 Å². The maximum Gasteiger partial charge on any atom is 0.201 e. The number of imidazole rings is 1. The number of fused-ring (bicyclic) bond motifs is 1. The predicted molar refractivity (Wildman–Crippen MR) is 75.8 cm³/mol. The quantitative estimate of drug-likeness (QED) is 0.777. The number of hydrogen-bond donors (Lipinski definition) is 1. The number of benzene rings is 1. The van der Waals surface area contributed by atoms with E-state index in [2.05, 4.69) is 33.7 Å². The summed E-state index contributed by atoms with van der Waals surface area (Å²) in [5.74, 6) is 0.575. The van der Waals surface area contributed by atoms with Gasteiger partial charge >= 0.3 is 0 Å². The molecule has 1 aromatic carbocycles. The largest absolute Gasteiger partial charge is 0.369 e. The Morgan fingerprint density at radius 3 is 2.84 bits per heavy atom. The Morgan fingerprint density at radius 2 is 2.11 bits per heavy atom. The summed E-state index contributed by atoms with van der Waals surface area (Å²) in [6, 6.07) is 8.19. The minimum Gasteiger partial charge on any atom is -0.369 e. The second kappa shape index (κ2) is 4.42. The highest BCUT2D eigenvalue weighted by molar-refractivity contribution is 5.81. The molecule has 0 saturated heterocycles. The van der Waals surface area contributed by atoms with Gasteiger partial charge in [0, 0.05) is 31.9 Å². The average Bonchev–Trinajstić information content (AvgIpc) is 2.92. The Balaban J connectivity index is 1.95. The van der Waals surface area contributed by atoms with Crippen molar-refractivity contribution in [3.05, 3.63) is 41.7 Å². The molecule has 5 nitrogen and oxygen atoms in total. The molecule has 0 bridgehead atoms. The minimum absolute atomic E-state index is 0.575. The van der Waals surface area contributed by atoms with Gasteiger partial charge in [0.25, 0.3) is 0 Å². The number of nitrogens with zero attached hydrogens (tertiary/aromatic N) is 4. The van der Waals surface area contributed by atoms with Crippen LogP contribution in [0.2, 0.25) is 0 Å². The van der Waals surface area contributed by atoms with Gasteiger partial charge in [-0.3, -0.25) is 4.68 Å². The van der Waals surface area contributed by atoms with Gasteiger partial charge in [0.15, 0.2) is 0 Å². The molecule has 5 heteroatoms. The molecule has 98 valence electrons. The molecular weight excluding hydrogens is 238 g/mol. The third-order valence-electron chi connectivity index (χ3n) is 3.52. The van der Waals surface area contributed by atoms with E-state index in [0.717, 1.165) is 29.6 Å². The van der Waals surface area contributed by atoms with Crippen LogP contribution in [0.5, 0.6) is 0 Å². The van der Waals surface area contributed by atoms with Crippen LogP contribution >= 0.6 is 0 Å². The van der Waals surface area contributed by atoms with Crippen LogP contribution in [0.1, 0.15) is 11.3 Å². The van der Waals surface area contributed by atoms with Gasteiger partial charge in [-0.15, -0.1) is 0 Å². The molecule has 0 aliphatic carbocycles. The van der Waals surface area contributed by atoms with Gasteiger partial charge in [-0.1, -0.05) is 12.1 Å². The third-order valence-corrected chi connectivity index (χ3v) is 3.52. The van der Waals surface area contributed by atoms with E-state index in [-0.39, 0.29) is 0 Å². The Morgan fingerprint density at radius 1 is 1.26 bits per heavy atom. The lowest BCUT2D eigenvalue weighted by Gasteiger charge is -2.07. The first kappa shape index (κ1) is 11.8. The van der Waals surface area contributed by atoms with Crippen molar-refractivity contribution in [1.29, 1.82) is 0 Å². The zero-order valence-corrected chi connectivity index (χ0v) is 11.2. The highest BCUT2D eigenvalue weighted by Gasteiger charge is 2.10. The fraction of sp³-hybridized carbons (Fsp3) is 0.286. The van der Waals surface area contributed by atoms with E-state index in [1.807, 2.05) is 30.1 Å². The first-order chi connectivity index (χ1) is 9.16. The zero-order chi connectivity index (χ0) is 13.4. The second-order valence-corrected chi connectivity index (χ2v) is 4.76. The summed E-state index contributed by atoms with van der Waals surface area (Å²) in [5.41, 5.74) is 10.5. The normalized spacial score (nSPS) is 11.3. The summed E-state index contributed by atoms with van der Waals surface area (Å²) < 4.78 is 3.95. The number of rotatable bonds is 3. The van der Waals surface area contributed by atoms with Crippen LogP contribution < -0.4 is 5.73 Å². The lowest BCUT2D eigenvalue weighted by Crippen LogP contribution is -2.08. The molecule has 0 radical (unpaired) electrons. The van der Waals surface area contributed by atoms with Gasteiger partial charge < -0.3 is 10.3 Å². The smallest absolute Gasteiger partial charge is 0.201 e. The topological polar surface area (TPSA) is 61.7 Å². The molecule has 0 amide bonds. The molecule has 2 heterocycles. The number of anilines is 1. The molecule has 0 aliphatic rings. The summed E-state index contributed by atoms with van der Waals surface area (Å²) >= 11 is 0. The Hall–Kier alpha value is -2.30. The first-order valence-electron chi connectivity index (χ1n) is 6.35. The Kier molecular flexibility index (Phi) is 2.74. The van der Waals surface area contributed by atoms with Gasteiger partial charge in [0.05, 0.1) is 11.0 Å². The maximum atomic E-state index is 6.03. The minimum atomic E-state index is 0.575. The Bertz CT molecular complexity index is 723. The number of nitrogens with two attached hydrogens (primary N) is 1. The summed E-state index contributed by atoms with van der Waals surface area (Å²) in [5, 5.41) is 4.18. The van der Waals surface area contributed by atoms with E-state index in [9.17, 15) is 0 Å². The monoisotopic (exact) mass is 255 g/mol. The third kappa shape index (κ3) is 1.97. The molecular formula is C14H17N5. The second-order valence-electron chi connectivity index (χ2n) is 4.76. The lowest BCUT2D eigenvalue weighted by atomic mass is 10.2. The first-order valence-corrected chi connectivity index (χ1v) is 6.35. The molecule has 0 aliphatic heterocycles. The summed E-state index contributed by atoms with van der Waals surface area (Å²) in [7, 11) is 1.95. The van der Waals surface area contributed by atoms with Crippen molar-refractivity contribution in [2.75, 3.05) is 5.73 Å². The number of aromatic nitrogens is 4. The van der Waals surface area contributed by atoms with Crippen molar-refractivity contribution in [1.82, 2.24) is 19.3 Å². The predicted octanol–water partition coefficient (Wildman–Crippen LogP) is 1.90. The van der Waals surface area contributed by atoms with Gasteiger partial charge in [0.1, 0.15) is 0 Å². The number of nitrogen functional groups attached to an aromatic ring is 1. The molecule has 0 atom stereocenters. The van der Waals surface area contributed by atoms with Crippen LogP contribution in [-0.4, -0.2) is 19.3 Å². The molecule has 3 rings (SSSR count). The van der Waals surface area contributed by atoms with E-state index in [0.29, 0.717) is 5.95 Å². The molecule has 0 saturated carbocycles. The van der Waals surface area contributed by atoms with E-state index in [1.165, 1.54) is 5.69 Å². The van der Waals surface area contributed by atoms with Crippen LogP contribution in [0, 0.1) is 6.92 Å². The van der Waals surface area contributed by atoms with E-state index in [1.54, 1.807) is 0 Å². The lowest BCUT2D eigenvalue weighted by molar-refractivity contribution is 0.651. The van der Waals surface area contributed by atoms with Crippen molar-refractivity contribution in [3.8, 4) is 0 Å². The fourth-order valence-electron chi connectivity index (χ4n) is 2.41. The summed E-state index contributed by atoms with van der Waals surface area (Å²) in [6.45, 7) is 2.87. The van der Waals surface area contributed by atoms with E-state index < -0.39 is 0 Å². The highest BCUT2D eigenvalue weighted by atomic mass is 15.3. The molecule has 0 unspecified atom stereocenters. The molecule has 2 N–H and O–H groups in total. The number of para-hydroxylation sites is 1. The van der Waals surface area contributed by atoms with E-state index in [4.69, 9.17) is 5.73 Å². The number of aryl methyl sites for hydroxylation is 4. The molecule has 0 fully saturated rings. The molecule has 2 aromatic heterocycles. The van der Waals surface area contributed by atoms with Crippen molar-refractivity contribution in [2.45, 2.75) is 19.9 Å². The highest BCUT2D eigenvalue weighted by Crippen LogP contribution is 2.21. The van der Waals surface area contributed by atoms with Crippen LogP contribution in [0.3, 0.4) is 0 Å². The fourth-order valence-corrected chi connectivity index (χ4v) is 2.41. The standard InChI is InChI=1S/C14H17N5/c1-10-4-3-5-12-13(10)17-14(15)19(12)9-7-11-6-8-16-18(11)2/h3-6,8H,7,9H2,1-2H3,(H2,15,17). The van der Waals surface area contributed by atoms with E-state index >= 15 is 0 Å². The molecule has 3 aromatic rings. The van der Waals surface area contributed by atoms with Crippen LogP contribution in [0.25, 0.3) is 11.0 Å². The molecule has 0 spiro atoms. The van der Waals surface area contributed by atoms with Crippen molar-refractivity contribution in [2.24, 2.45) is 7.05 Å². The average molecular weight is 255 g/mol. The summed E-state index contributed by atoms with van der Waals surface area (Å²) in [4.78, 5) is 4.45. The summed E-state index contributed by atoms with van der Waals surface area (Å²) in [6.07, 6.45) is 2.70. The molecule has 19 heavy (non-hydrogen) atoms. The Labute approximate surface area is 111 Å².